The fourth-order valence-electron chi connectivity index (χ4n) is 1.04. The van der Waals surface area contributed by atoms with Gasteiger partial charge in [0.15, 0.2) is 0 Å². The van der Waals surface area contributed by atoms with Crippen molar-refractivity contribution in [2.24, 2.45) is 0 Å². The first kappa shape index (κ1) is 11.2. The summed E-state index contributed by atoms with van der Waals surface area (Å²) in [4.78, 5) is 0. The molecule has 1 aromatic rings. The molecule has 0 bridgehead atoms. The zero-order chi connectivity index (χ0) is 10.4. The van der Waals surface area contributed by atoms with Gasteiger partial charge in [-0.15, -0.1) is 0 Å². The van der Waals surface area contributed by atoms with Crippen LogP contribution in [-0.2, 0) is 0 Å². The molecule has 0 amide bonds. The quantitative estimate of drug-likeness (QED) is 0.758. The molecule has 76 valence electrons. The number of hydrogen-bond donors (Lipinski definition) is 1. The van der Waals surface area contributed by atoms with E-state index in [1.165, 1.54) is 6.07 Å². The molecule has 1 aromatic carbocycles. The van der Waals surface area contributed by atoms with Gasteiger partial charge in [-0.05, 0) is 24.2 Å². The molecule has 1 N–H and O–H groups in total. The van der Waals surface area contributed by atoms with Crippen LogP contribution in [0.4, 0.5) is 4.39 Å². The summed E-state index contributed by atoms with van der Waals surface area (Å²) in [6, 6.07) is 4.77. The molecule has 0 saturated heterocycles. The van der Waals surface area contributed by atoms with Crippen molar-refractivity contribution in [1.29, 1.82) is 0 Å². The summed E-state index contributed by atoms with van der Waals surface area (Å²) in [6.07, 6.45) is 3.81. The van der Waals surface area contributed by atoms with Gasteiger partial charge in [-0.3, -0.25) is 0 Å². The molecule has 0 atom stereocenters. The average molecular weight is 214 g/mol. The Morgan fingerprint density at radius 3 is 2.93 bits per heavy atom. The molecule has 0 aliphatic rings. The lowest BCUT2D eigenvalue weighted by atomic mass is 10.2. The van der Waals surface area contributed by atoms with Crippen molar-refractivity contribution in [2.75, 3.05) is 13.1 Å². The van der Waals surface area contributed by atoms with Crippen molar-refractivity contribution < 1.29 is 4.39 Å². The van der Waals surface area contributed by atoms with Gasteiger partial charge in [0.25, 0.3) is 0 Å². The topological polar surface area (TPSA) is 12.0 Å². The van der Waals surface area contributed by atoms with Crippen LogP contribution in [0.25, 0.3) is 6.08 Å². The van der Waals surface area contributed by atoms with Crippen molar-refractivity contribution in [1.82, 2.24) is 5.32 Å². The van der Waals surface area contributed by atoms with Crippen LogP contribution < -0.4 is 5.32 Å². The van der Waals surface area contributed by atoms with E-state index in [9.17, 15) is 4.39 Å². The molecule has 3 heteroatoms. The lowest BCUT2D eigenvalue weighted by Crippen LogP contribution is -2.11. The predicted octanol–water partition coefficient (Wildman–Crippen LogP) is 3.10. The zero-order valence-electron chi connectivity index (χ0n) is 8.06. The lowest BCUT2D eigenvalue weighted by Gasteiger charge is -1.97. The third-order valence-electron chi connectivity index (χ3n) is 1.77. The Balaban J connectivity index is 2.59. The molecule has 0 saturated carbocycles. The van der Waals surface area contributed by atoms with Gasteiger partial charge < -0.3 is 5.32 Å². The minimum absolute atomic E-state index is 0.161. The highest BCUT2D eigenvalue weighted by Crippen LogP contribution is 2.16. The molecular formula is C11H13ClFN. The summed E-state index contributed by atoms with van der Waals surface area (Å²) in [5.74, 6) is -0.378. The van der Waals surface area contributed by atoms with Gasteiger partial charge >= 0.3 is 0 Å². The Hall–Kier alpha value is -0.860. The Bertz CT molecular complexity index is 323. The van der Waals surface area contributed by atoms with E-state index in [0.29, 0.717) is 0 Å². The summed E-state index contributed by atoms with van der Waals surface area (Å²) in [6.45, 7) is 3.76. The molecule has 14 heavy (non-hydrogen) atoms. The van der Waals surface area contributed by atoms with Crippen LogP contribution in [0.1, 0.15) is 12.5 Å². The van der Waals surface area contributed by atoms with Gasteiger partial charge in [0.05, 0.1) is 5.02 Å². The third kappa shape index (κ3) is 3.48. The number of nitrogens with one attached hydrogen (secondary N) is 1. The Morgan fingerprint density at radius 1 is 1.50 bits per heavy atom. The van der Waals surface area contributed by atoms with E-state index in [2.05, 4.69) is 5.32 Å². The van der Waals surface area contributed by atoms with Gasteiger partial charge in [-0.25, -0.2) is 4.39 Å². The van der Waals surface area contributed by atoms with Gasteiger partial charge in [0.2, 0.25) is 0 Å². The van der Waals surface area contributed by atoms with E-state index in [4.69, 9.17) is 11.6 Å². The van der Waals surface area contributed by atoms with E-state index in [0.717, 1.165) is 18.7 Å². The van der Waals surface area contributed by atoms with Crippen LogP contribution in [0.5, 0.6) is 0 Å². The highest BCUT2D eigenvalue weighted by atomic mass is 35.5. The fraction of sp³-hybridized carbons (Fsp3) is 0.273. The first-order chi connectivity index (χ1) is 6.74. The van der Waals surface area contributed by atoms with E-state index in [-0.39, 0.29) is 10.8 Å². The molecule has 1 rings (SSSR count). The first-order valence-corrected chi connectivity index (χ1v) is 4.94. The first-order valence-electron chi connectivity index (χ1n) is 4.56. The Labute approximate surface area is 88.6 Å². The summed E-state index contributed by atoms with van der Waals surface area (Å²) < 4.78 is 13.0. The van der Waals surface area contributed by atoms with Gasteiger partial charge in [-0.2, -0.15) is 0 Å². The summed E-state index contributed by atoms with van der Waals surface area (Å²) in [5, 5.41) is 3.30. The van der Waals surface area contributed by atoms with Crippen LogP contribution in [0.15, 0.2) is 24.3 Å². The van der Waals surface area contributed by atoms with Gasteiger partial charge in [-0.1, -0.05) is 36.7 Å². The van der Waals surface area contributed by atoms with Crippen molar-refractivity contribution in [3.8, 4) is 0 Å². The number of rotatable bonds is 4. The van der Waals surface area contributed by atoms with E-state index >= 15 is 0 Å². The van der Waals surface area contributed by atoms with Crippen LogP contribution >= 0.6 is 11.6 Å². The summed E-state index contributed by atoms with van der Waals surface area (Å²) in [5.41, 5.74) is 0.824. The van der Waals surface area contributed by atoms with Crippen LogP contribution in [0.2, 0.25) is 5.02 Å². The fourth-order valence-corrected chi connectivity index (χ4v) is 1.16. The van der Waals surface area contributed by atoms with Gasteiger partial charge in [0.1, 0.15) is 5.82 Å². The van der Waals surface area contributed by atoms with Crippen molar-refractivity contribution in [3.63, 3.8) is 0 Å². The van der Waals surface area contributed by atoms with E-state index < -0.39 is 0 Å². The van der Waals surface area contributed by atoms with E-state index in [1.54, 1.807) is 12.1 Å². The standard InChI is InChI=1S/C11H13ClFN/c1-2-14-7-3-4-9-5-6-10(12)11(13)8-9/h3-6,8,14H,2,7H2,1H3. The average Bonchev–Trinajstić information content (AvgIpc) is 2.18. The molecule has 0 aliphatic heterocycles. The summed E-state index contributed by atoms with van der Waals surface area (Å²) in [7, 11) is 0. The van der Waals surface area contributed by atoms with Crippen LogP contribution in [0.3, 0.4) is 0 Å². The molecule has 0 aliphatic carbocycles. The molecule has 0 heterocycles. The van der Waals surface area contributed by atoms with Crippen molar-refractivity contribution in [2.45, 2.75) is 6.92 Å². The number of hydrogen-bond acceptors (Lipinski definition) is 1. The summed E-state index contributed by atoms with van der Waals surface area (Å²) >= 11 is 5.55. The Morgan fingerprint density at radius 2 is 2.29 bits per heavy atom. The minimum Gasteiger partial charge on any atom is -0.314 e. The second-order valence-electron chi connectivity index (χ2n) is 2.88. The molecule has 1 nitrogen and oxygen atoms in total. The largest absolute Gasteiger partial charge is 0.314 e. The highest BCUT2D eigenvalue weighted by molar-refractivity contribution is 6.30. The smallest absolute Gasteiger partial charge is 0.142 e. The molecular weight excluding hydrogens is 201 g/mol. The third-order valence-corrected chi connectivity index (χ3v) is 2.07. The second-order valence-corrected chi connectivity index (χ2v) is 3.29. The van der Waals surface area contributed by atoms with Crippen molar-refractivity contribution >= 4 is 17.7 Å². The SMILES string of the molecule is CCNCC=Cc1ccc(Cl)c(F)c1. The maximum absolute atomic E-state index is 13.0. The van der Waals surface area contributed by atoms with Crippen molar-refractivity contribution in [3.05, 3.63) is 40.7 Å². The lowest BCUT2D eigenvalue weighted by molar-refractivity contribution is 0.628. The van der Waals surface area contributed by atoms with Crippen LogP contribution in [0, 0.1) is 5.82 Å². The molecule has 0 unspecified atom stereocenters. The highest BCUT2D eigenvalue weighted by Gasteiger charge is 1.97. The molecule has 0 radical (unpaired) electrons. The molecule has 0 spiro atoms. The van der Waals surface area contributed by atoms with Crippen LogP contribution in [-0.4, -0.2) is 13.1 Å². The second kappa shape index (κ2) is 5.78. The maximum Gasteiger partial charge on any atom is 0.142 e. The normalized spacial score (nSPS) is 11.1. The molecule has 0 aromatic heterocycles. The number of halogens is 2. The van der Waals surface area contributed by atoms with E-state index in [1.807, 2.05) is 19.1 Å². The number of likely N-dealkylation sites (N-methyl/N-ethyl adjacent to an activating group) is 1. The molecule has 0 fully saturated rings. The van der Waals surface area contributed by atoms with Gasteiger partial charge in [0, 0.05) is 6.54 Å². The minimum atomic E-state index is -0.378. The Kier molecular flexibility index (Phi) is 4.63. The zero-order valence-corrected chi connectivity index (χ0v) is 8.81. The predicted molar refractivity (Wildman–Crippen MR) is 59.0 cm³/mol. The number of benzene rings is 1. The monoisotopic (exact) mass is 213 g/mol. The maximum atomic E-state index is 13.0.